The summed E-state index contributed by atoms with van der Waals surface area (Å²) >= 11 is 2.18. The van der Waals surface area contributed by atoms with Crippen LogP contribution in [0.2, 0.25) is 0 Å². The highest BCUT2D eigenvalue weighted by atomic mass is 127. The summed E-state index contributed by atoms with van der Waals surface area (Å²) in [5, 5.41) is 2.72. The fraction of sp³-hybridized carbons (Fsp3) is 0.538. The van der Waals surface area contributed by atoms with Crippen LogP contribution >= 0.6 is 22.6 Å². The molecule has 0 saturated carbocycles. The van der Waals surface area contributed by atoms with E-state index >= 15 is 0 Å². The Bertz CT molecular complexity index is 401. The van der Waals surface area contributed by atoms with Gasteiger partial charge in [0, 0.05) is 27.8 Å². The van der Waals surface area contributed by atoms with Gasteiger partial charge in [0.25, 0.3) is 0 Å². The molecule has 0 aromatic carbocycles. The minimum Gasteiger partial charge on any atom is -0.478 e. The standard InChI is InChI=1S/C13H19IN2O3/c1-13(2,3)16-12(17)19-8-4-7-18-11-6-5-10(14)9-15-11/h5-6,9H,4,7-8H2,1-3H3,(H,16,17). The molecule has 0 aliphatic carbocycles. The first-order valence-electron chi connectivity index (χ1n) is 6.06. The molecule has 0 aliphatic rings. The number of halogens is 1. The van der Waals surface area contributed by atoms with Crippen molar-refractivity contribution in [2.75, 3.05) is 13.2 Å². The van der Waals surface area contributed by atoms with E-state index in [2.05, 4.69) is 32.9 Å². The Kier molecular flexibility index (Phi) is 6.33. The normalized spacial score (nSPS) is 10.9. The number of ether oxygens (including phenoxy) is 2. The zero-order valence-corrected chi connectivity index (χ0v) is 13.6. The molecule has 1 amide bonds. The van der Waals surface area contributed by atoms with Crippen molar-refractivity contribution >= 4 is 28.7 Å². The molecule has 0 saturated heterocycles. The maximum atomic E-state index is 11.3. The average Bonchev–Trinajstić information content (AvgIpc) is 2.29. The second kappa shape index (κ2) is 7.52. The Hall–Kier alpha value is -1.05. The molecule has 1 rings (SSSR count). The lowest BCUT2D eigenvalue weighted by atomic mass is 10.1. The maximum absolute atomic E-state index is 11.3. The first kappa shape index (κ1) is 16.0. The summed E-state index contributed by atoms with van der Waals surface area (Å²) in [6.45, 7) is 6.50. The molecule has 1 heterocycles. The molecular weight excluding hydrogens is 359 g/mol. The summed E-state index contributed by atoms with van der Waals surface area (Å²) < 4.78 is 11.5. The highest BCUT2D eigenvalue weighted by Crippen LogP contribution is 2.09. The van der Waals surface area contributed by atoms with Crippen LogP contribution in [0.5, 0.6) is 5.88 Å². The largest absolute Gasteiger partial charge is 0.478 e. The van der Waals surface area contributed by atoms with Crippen molar-refractivity contribution in [2.45, 2.75) is 32.7 Å². The third-order valence-electron chi connectivity index (χ3n) is 1.95. The van der Waals surface area contributed by atoms with Crippen LogP contribution < -0.4 is 10.1 Å². The van der Waals surface area contributed by atoms with Gasteiger partial charge in [-0.2, -0.15) is 0 Å². The van der Waals surface area contributed by atoms with Crippen LogP contribution in [0.1, 0.15) is 27.2 Å². The molecular formula is C13H19IN2O3. The lowest BCUT2D eigenvalue weighted by Crippen LogP contribution is -2.41. The van der Waals surface area contributed by atoms with Crippen LogP contribution in [-0.4, -0.2) is 29.8 Å². The van der Waals surface area contributed by atoms with Crippen LogP contribution in [0, 0.1) is 3.57 Å². The molecule has 106 valence electrons. The molecule has 1 N–H and O–H groups in total. The van der Waals surface area contributed by atoms with Gasteiger partial charge in [-0.15, -0.1) is 0 Å². The minimum absolute atomic E-state index is 0.279. The molecule has 5 nitrogen and oxygen atoms in total. The molecule has 0 fully saturated rings. The van der Waals surface area contributed by atoms with E-state index in [1.807, 2.05) is 32.9 Å². The third kappa shape index (κ3) is 7.86. The number of rotatable bonds is 5. The Morgan fingerprint density at radius 2 is 2.11 bits per heavy atom. The molecule has 0 spiro atoms. The van der Waals surface area contributed by atoms with E-state index in [-0.39, 0.29) is 5.54 Å². The van der Waals surface area contributed by atoms with Gasteiger partial charge in [0.2, 0.25) is 5.88 Å². The summed E-state index contributed by atoms with van der Waals surface area (Å²) in [6, 6.07) is 3.74. The summed E-state index contributed by atoms with van der Waals surface area (Å²) in [5.74, 6) is 0.583. The number of nitrogens with one attached hydrogen (secondary N) is 1. The van der Waals surface area contributed by atoms with Gasteiger partial charge >= 0.3 is 6.09 Å². The van der Waals surface area contributed by atoms with Crippen molar-refractivity contribution in [3.63, 3.8) is 0 Å². The van der Waals surface area contributed by atoms with Crippen LogP contribution in [0.25, 0.3) is 0 Å². The van der Waals surface area contributed by atoms with Crippen molar-refractivity contribution in [1.29, 1.82) is 0 Å². The monoisotopic (exact) mass is 378 g/mol. The van der Waals surface area contributed by atoms with Crippen molar-refractivity contribution in [2.24, 2.45) is 0 Å². The number of carbonyl (C=O) groups is 1. The van der Waals surface area contributed by atoms with Crippen molar-refractivity contribution in [3.05, 3.63) is 21.9 Å². The number of alkyl carbamates (subject to hydrolysis) is 1. The average molecular weight is 378 g/mol. The lowest BCUT2D eigenvalue weighted by Gasteiger charge is -2.19. The van der Waals surface area contributed by atoms with Crippen LogP contribution in [0.4, 0.5) is 4.79 Å². The van der Waals surface area contributed by atoms with E-state index in [9.17, 15) is 4.79 Å². The number of pyridine rings is 1. The SMILES string of the molecule is CC(C)(C)NC(=O)OCCCOc1ccc(I)cn1. The van der Waals surface area contributed by atoms with Crippen LogP contribution in [-0.2, 0) is 4.74 Å². The Balaban J connectivity index is 2.11. The number of amides is 1. The summed E-state index contributed by atoms with van der Waals surface area (Å²) in [6.07, 6.45) is 1.97. The molecule has 1 aromatic rings. The first-order chi connectivity index (χ1) is 8.87. The second-order valence-electron chi connectivity index (χ2n) is 5.03. The number of aromatic nitrogens is 1. The number of carbonyl (C=O) groups excluding carboxylic acids is 1. The smallest absolute Gasteiger partial charge is 0.407 e. The van der Waals surface area contributed by atoms with Gasteiger partial charge in [-0.25, -0.2) is 9.78 Å². The van der Waals surface area contributed by atoms with Gasteiger partial charge in [-0.3, -0.25) is 0 Å². The third-order valence-corrected chi connectivity index (χ3v) is 2.59. The topological polar surface area (TPSA) is 60.5 Å². The number of hydrogen-bond acceptors (Lipinski definition) is 4. The van der Waals surface area contributed by atoms with E-state index in [1.54, 1.807) is 6.20 Å². The molecule has 0 aliphatic heterocycles. The van der Waals surface area contributed by atoms with Crippen molar-refractivity contribution in [3.8, 4) is 5.88 Å². The van der Waals surface area contributed by atoms with Crippen LogP contribution in [0.15, 0.2) is 18.3 Å². The molecule has 0 unspecified atom stereocenters. The first-order valence-corrected chi connectivity index (χ1v) is 7.14. The Morgan fingerprint density at radius 3 is 2.68 bits per heavy atom. The lowest BCUT2D eigenvalue weighted by molar-refractivity contribution is 0.129. The predicted molar refractivity (Wildman–Crippen MR) is 81.3 cm³/mol. The van der Waals surface area contributed by atoms with E-state index in [1.165, 1.54) is 0 Å². The molecule has 1 aromatic heterocycles. The fourth-order valence-corrected chi connectivity index (χ4v) is 1.51. The zero-order valence-electron chi connectivity index (χ0n) is 11.4. The Labute approximate surface area is 127 Å². The predicted octanol–water partition coefficient (Wildman–Crippen LogP) is 2.98. The van der Waals surface area contributed by atoms with Gasteiger partial charge < -0.3 is 14.8 Å². The van der Waals surface area contributed by atoms with Crippen molar-refractivity contribution in [1.82, 2.24) is 10.3 Å². The summed E-state index contributed by atoms with van der Waals surface area (Å²) in [7, 11) is 0. The number of nitrogens with zero attached hydrogens (tertiary/aromatic N) is 1. The highest BCUT2D eigenvalue weighted by molar-refractivity contribution is 14.1. The molecule has 0 radical (unpaired) electrons. The quantitative estimate of drug-likeness (QED) is 0.632. The molecule has 6 heteroatoms. The summed E-state index contributed by atoms with van der Waals surface area (Å²) in [5.41, 5.74) is -0.279. The Morgan fingerprint density at radius 1 is 1.37 bits per heavy atom. The van der Waals surface area contributed by atoms with E-state index < -0.39 is 6.09 Å². The fourth-order valence-electron chi connectivity index (χ4n) is 1.19. The van der Waals surface area contributed by atoms with E-state index in [0.29, 0.717) is 25.5 Å². The number of hydrogen-bond donors (Lipinski definition) is 1. The van der Waals surface area contributed by atoms with Gasteiger partial charge in [0.15, 0.2) is 0 Å². The summed E-state index contributed by atoms with van der Waals surface area (Å²) in [4.78, 5) is 15.5. The van der Waals surface area contributed by atoms with Gasteiger partial charge in [-0.05, 0) is 49.4 Å². The maximum Gasteiger partial charge on any atom is 0.407 e. The molecule has 0 atom stereocenters. The zero-order chi connectivity index (χ0) is 14.3. The van der Waals surface area contributed by atoms with Gasteiger partial charge in [-0.1, -0.05) is 0 Å². The minimum atomic E-state index is -0.403. The van der Waals surface area contributed by atoms with Gasteiger partial charge in [0.1, 0.15) is 0 Å². The van der Waals surface area contributed by atoms with Crippen LogP contribution in [0.3, 0.4) is 0 Å². The highest BCUT2D eigenvalue weighted by Gasteiger charge is 2.14. The van der Waals surface area contributed by atoms with Gasteiger partial charge in [0.05, 0.1) is 13.2 Å². The van der Waals surface area contributed by atoms with Crippen molar-refractivity contribution < 1.29 is 14.3 Å². The van der Waals surface area contributed by atoms with E-state index in [0.717, 1.165) is 3.57 Å². The molecule has 19 heavy (non-hydrogen) atoms. The second-order valence-corrected chi connectivity index (χ2v) is 6.27. The molecule has 0 bridgehead atoms. The van der Waals surface area contributed by atoms with E-state index in [4.69, 9.17) is 9.47 Å².